The Kier molecular flexibility index (Phi) is 9.08. The smallest absolute Gasteiger partial charge is 0.245 e. The molecule has 0 saturated carbocycles. The number of rotatable bonds is 9. The number of halogens is 3. The lowest BCUT2D eigenvalue weighted by atomic mass is 10.3. The number of sulfonamides is 1. The predicted molar refractivity (Wildman–Crippen MR) is 130 cm³/mol. The molecule has 0 aromatic heterocycles. The second kappa shape index (κ2) is 11.6. The quantitative estimate of drug-likeness (QED) is 0.455. The van der Waals surface area contributed by atoms with Crippen molar-refractivity contribution in [2.24, 2.45) is 0 Å². The molecule has 0 unspecified atom stereocenters. The number of piperazine rings is 1. The Morgan fingerprint density at radius 3 is 2.42 bits per heavy atom. The number of nitrogens with one attached hydrogen (secondary N) is 2. The molecule has 1 aliphatic heterocycles. The number of carbonyl (C=O) groups excluding carboxylic acids is 1. The Balaban J connectivity index is 1.59. The summed E-state index contributed by atoms with van der Waals surface area (Å²) < 4.78 is 46.2. The monoisotopic (exact) mass is 562 g/mol. The van der Waals surface area contributed by atoms with E-state index < -0.39 is 10.0 Å². The highest BCUT2D eigenvalue weighted by Gasteiger charge is 2.32. The van der Waals surface area contributed by atoms with Gasteiger partial charge in [-0.2, -0.15) is 4.31 Å². The van der Waals surface area contributed by atoms with Crippen LogP contribution in [0.5, 0.6) is 0 Å². The first kappa shape index (κ1) is 25.9. The largest absolute Gasteiger partial charge is 0.383 e. The summed E-state index contributed by atoms with van der Waals surface area (Å²) in [6.45, 7) is 2.40. The van der Waals surface area contributed by atoms with Gasteiger partial charge in [-0.1, -0.05) is 11.6 Å². The maximum absolute atomic E-state index is 13.2. The van der Waals surface area contributed by atoms with Crippen molar-refractivity contribution < 1.29 is 22.3 Å². The van der Waals surface area contributed by atoms with Gasteiger partial charge in [-0.3, -0.25) is 9.69 Å². The molecule has 0 spiro atoms. The number of anilines is 2. The Morgan fingerprint density at radius 2 is 1.82 bits per heavy atom. The molecule has 0 radical (unpaired) electrons. The van der Waals surface area contributed by atoms with E-state index in [2.05, 4.69) is 26.6 Å². The number of benzene rings is 2. The van der Waals surface area contributed by atoms with Crippen molar-refractivity contribution in [1.29, 1.82) is 0 Å². The van der Waals surface area contributed by atoms with Crippen molar-refractivity contribution in [2.75, 3.05) is 63.6 Å². The summed E-state index contributed by atoms with van der Waals surface area (Å²) in [5, 5.41) is 5.94. The van der Waals surface area contributed by atoms with E-state index >= 15 is 0 Å². The van der Waals surface area contributed by atoms with E-state index in [-0.39, 0.29) is 41.3 Å². The summed E-state index contributed by atoms with van der Waals surface area (Å²) in [6, 6.07) is 8.75. The summed E-state index contributed by atoms with van der Waals surface area (Å²) in [6.07, 6.45) is 0. The van der Waals surface area contributed by atoms with Crippen molar-refractivity contribution in [2.45, 2.75) is 4.90 Å². The van der Waals surface area contributed by atoms with Gasteiger partial charge in [-0.25, -0.2) is 12.8 Å². The second-order valence-electron chi connectivity index (χ2n) is 7.42. The minimum Gasteiger partial charge on any atom is -0.383 e. The molecule has 0 atom stereocenters. The van der Waals surface area contributed by atoms with Crippen LogP contribution in [-0.2, 0) is 19.6 Å². The minimum absolute atomic E-state index is 0.0176. The lowest BCUT2D eigenvalue weighted by Crippen LogP contribution is -2.50. The summed E-state index contributed by atoms with van der Waals surface area (Å²) in [5.74, 6) is -0.630. The first-order valence-corrected chi connectivity index (χ1v) is 12.8. The zero-order valence-corrected chi connectivity index (χ0v) is 21.1. The number of amides is 1. The van der Waals surface area contributed by atoms with Crippen LogP contribution in [0.2, 0.25) is 5.02 Å². The van der Waals surface area contributed by atoms with Gasteiger partial charge in [0.05, 0.1) is 18.2 Å². The van der Waals surface area contributed by atoms with Crippen molar-refractivity contribution in [3.63, 3.8) is 0 Å². The highest BCUT2D eigenvalue weighted by molar-refractivity contribution is 9.10. The summed E-state index contributed by atoms with van der Waals surface area (Å²) >= 11 is 9.68. The molecule has 1 fully saturated rings. The number of nitrogens with zero attached hydrogens (tertiary/aromatic N) is 2. The summed E-state index contributed by atoms with van der Waals surface area (Å²) in [5.41, 5.74) is 1.18. The number of hydrogen-bond acceptors (Lipinski definition) is 6. The van der Waals surface area contributed by atoms with Crippen LogP contribution in [0.4, 0.5) is 15.8 Å². The molecule has 12 heteroatoms. The highest BCUT2D eigenvalue weighted by Crippen LogP contribution is 2.35. The van der Waals surface area contributed by atoms with E-state index in [0.29, 0.717) is 42.1 Å². The molecule has 2 N–H and O–H groups in total. The molecule has 8 nitrogen and oxygen atoms in total. The first-order chi connectivity index (χ1) is 15.7. The summed E-state index contributed by atoms with van der Waals surface area (Å²) in [4.78, 5) is 14.1. The third kappa shape index (κ3) is 6.87. The fourth-order valence-electron chi connectivity index (χ4n) is 3.40. The number of ether oxygens (including phenoxy) is 1. The van der Waals surface area contributed by atoms with Crippen LogP contribution in [0.15, 0.2) is 45.8 Å². The average Bonchev–Trinajstić information content (AvgIpc) is 2.75. The Bertz CT molecular complexity index is 1060. The molecule has 2 aromatic carbocycles. The maximum Gasteiger partial charge on any atom is 0.245 e. The van der Waals surface area contributed by atoms with Crippen molar-refractivity contribution in [3.8, 4) is 0 Å². The average molecular weight is 564 g/mol. The van der Waals surface area contributed by atoms with E-state index in [1.54, 1.807) is 19.2 Å². The number of methoxy groups -OCH3 is 1. The van der Waals surface area contributed by atoms with Crippen LogP contribution in [0.3, 0.4) is 0 Å². The van der Waals surface area contributed by atoms with Gasteiger partial charge in [0.1, 0.15) is 10.7 Å². The first-order valence-electron chi connectivity index (χ1n) is 10.2. The molecule has 180 valence electrons. The molecule has 1 amide bonds. The van der Waals surface area contributed by atoms with Gasteiger partial charge < -0.3 is 15.4 Å². The standard InChI is InChI=1S/C21H25BrClFN4O4S/c1-32-11-6-25-17-12-18(22)21(19(23)13-17)33(30,31)28-9-7-27(8-10-28)14-20(29)26-16-4-2-15(24)3-5-16/h2-5,12-13,25H,6-11,14H2,1H3,(H,26,29). The fraction of sp³-hybridized carbons (Fsp3) is 0.381. The van der Waals surface area contributed by atoms with E-state index in [1.165, 1.54) is 28.6 Å². The van der Waals surface area contributed by atoms with Crippen LogP contribution in [0.1, 0.15) is 0 Å². The predicted octanol–water partition coefficient (Wildman–Crippen LogP) is 3.24. The fourth-order valence-corrected chi connectivity index (χ4v) is 6.61. The normalized spacial score (nSPS) is 15.4. The highest BCUT2D eigenvalue weighted by atomic mass is 79.9. The van der Waals surface area contributed by atoms with Crippen molar-refractivity contribution in [1.82, 2.24) is 9.21 Å². The zero-order chi connectivity index (χ0) is 24.0. The Labute approximate surface area is 206 Å². The van der Waals surface area contributed by atoms with Crippen LogP contribution < -0.4 is 10.6 Å². The Morgan fingerprint density at radius 1 is 1.15 bits per heavy atom. The van der Waals surface area contributed by atoms with Gasteiger partial charge in [-0.15, -0.1) is 0 Å². The lowest BCUT2D eigenvalue weighted by Gasteiger charge is -2.33. The zero-order valence-electron chi connectivity index (χ0n) is 18.0. The van der Waals surface area contributed by atoms with Crippen molar-refractivity contribution >= 4 is 54.8 Å². The molecule has 1 heterocycles. The SMILES string of the molecule is COCCNc1cc(Cl)c(S(=O)(=O)N2CCN(CC(=O)Nc3ccc(F)cc3)CC2)c(Br)c1. The van der Waals surface area contributed by atoms with Gasteiger partial charge >= 0.3 is 0 Å². The molecule has 3 rings (SSSR count). The van der Waals surface area contributed by atoms with Gasteiger partial charge in [0.25, 0.3) is 0 Å². The molecule has 0 aliphatic carbocycles. The molecule has 33 heavy (non-hydrogen) atoms. The second-order valence-corrected chi connectivity index (χ2v) is 10.6. The van der Waals surface area contributed by atoms with Gasteiger partial charge in [0.15, 0.2) is 0 Å². The van der Waals surface area contributed by atoms with Gasteiger partial charge in [0, 0.05) is 55.7 Å². The summed E-state index contributed by atoms with van der Waals surface area (Å²) in [7, 11) is -2.24. The van der Waals surface area contributed by atoms with Crippen LogP contribution in [0.25, 0.3) is 0 Å². The van der Waals surface area contributed by atoms with Gasteiger partial charge in [-0.05, 0) is 52.3 Å². The maximum atomic E-state index is 13.2. The lowest BCUT2D eigenvalue weighted by molar-refractivity contribution is -0.117. The number of carbonyl (C=O) groups is 1. The van der Waals surface area contributed by atoms with E-state index in [9.17, 15) is 17.6 Å². The van der Waals surface area contributed by atoms with Gasteiger partial charge in [0.2, 0.25) is 15.9 Å². The minimum atomic E-state index is -3.83. The molecular weight excluding hydrogens is 539 g/mol. The Hall–Kier alpha value is -1.76. The van der Waals surface area contributed by atoms with E-state index in [0.717, 1.165) is 0 Å². The van der Waals surface area contributed by atoms with E-state index in [4.69, 9.17) is 16.3 Å². The molecular formula is C21H25BrClFN4O4S. The molecule has 0 bridgehead atoms. The molecule has 1 saturated heterocycles. The third-order valence-corrected chi connectivity index (χ3v) is 8.36. The molecule has 1 aliphatic rings. The topological polar surface area (TPSA) is 91.0 Å². The molecule has 2 aromatic rings. The number of hydrogen-bond donors (Lipinski definition) is 2. The van der Waals surface area contributed by atoms with Crippen LogP contribution in [-0.4, -0.2) is 76.5 Å². The van der Waals surface area contributed by atoms with Crippen LogP contribution >= 0.6 is 27.5 Å². The third-order valence-electron chi connectivity index (χ3n) is 5.06. The van der Waals surface area contributed by atoms with E-state index in [1.807, 2.05) is 4.90 Å². The van der Waals surface area contributed by atoms with Crippen LogP contribution in [0, 0.1) is 5.82 Å². The van der Waals surface area contributed by atoms with Crippen molar-refractivity contribution in [3.05, 3.63) is 51.7 Å².